The number of nitrogens with one attached hydrogen (secondary N) is 2. The number of hydrogen-bond donors (Lipinski definition) is 2. The standard InChI is InChI=1S/C26H29N9O/c1-19-4-2-7-22(30-19)25-26(34-9-8-24-28-17-29-35(24)18-34)32-23(31-25)15-27-21-6-3-5-20(14-21)16-33-10-12-36-13-11-33/h2-9,14,17,27H,10-13,15-16,18H2,1H3,(H,31,32). The minimum atomic E-state index is 0.534. The van der Waals surface area contributed by atoms with Crippen LogP contribution in [0.25, 0.3) is 17.5 Å². The summed E-state index contributed by atoms with van der Waals surface area (Å²) >= 11 is 0. The molecule has 184 valence electrons. The number of rotatable bonds is 7. The largest absolute Gasteiger partial charge is 0.379 e. The highest BCUT2D eigenvalue weighted by Gasteiger charge is 2.21. The highest BCUT2D eigenvalue weighted by atomic mass is 16.5. The summed E-state index contributed by atoms with van der Waals surface area (Å²) in [5, 5.41) is 7.85. The summed E-state index contributed by atoms with van der Waals surface area (Å²) in [7, 11) is 0. The van der Waals surface area contributed by atoms with E-state index >= 15 is 0 Å². The van der Waals surface area contributed by atoms with Gasteiger partial charge in [-0.3, -0.25) is 9.88 Å². The molecule has 0 amide bonds. The van der Waals surface area contributed by atoms with Crippen LogP contribution in [0.15, 0.2) is 55.0 Å². The Kier molecular flexibility index (Phi) is 6.18. The van der Waals surface area contributed by atoms with Gasteiger partial charge < -0.3 is 19.9 Å². The second-order valence-electron chi connectivity index (χ2n) is 9.03. The minimum Gasteiger partial charge on any atom is -0.379 e. The average Bonchev–Trinajstić information content (AvgIpc) is 3.55. The van der Waals surface area contributed by atoms with Gasteiger partial charge in [0.2, 0.25) is 0 Å². The van der Waals surface area contributed by atoms with Crippen LogP contribution >= 0.6 is 0 Å². The number of ether oxygens (including phenoxy) is 1. The Hall–Kier alpha value is -4.02. The lowest BCUT2D eigenvalue weighted by molar-refractivity contribution is 0.0342. The lowest BCUT2D eigenvalue weighted by Gasteiger charge is -2.26. The Morgan fingerprint density at radius 3 is 2.86 bits per heavy atom. The van der Waals surface area contributed by atoms with Crippen molar-refractivity contribution in [3.8, 4) is 11.4 Å². The van der Waals surface area contributed by atoms with E-state index in [0.29, 0.717) is 13.2 Å². The molecule has 0 saturated carbocycles. The Labute approximate surface area is 209 Å². The Morgan fingerprint density at radius 1 is 1.08 bits per heavy atom. The van der Waals surface area contributed by atoms with Gasteiger partial charge in [0.25, 0.3) is 0 Å². The molecule has 2 aliphatic rings. The van der Waals surface area contributed by atoms with Gasteiger partial charge in [-0.15, -0.1) is 0 Å². The van der Waals surface area contributed by atoms with Crippen LogP contribution in [0.5, 0.6) is 0 Å². The molecule has 2 N–H and O–H groups in total. The van der Waals surface area contributed by atoms with Gasteiger partial charge in [-0.25, -0.2) is 14.6 Å². The predicted octanol–water partition coefficient (Wildman–Crippen LogP) is 3.26. The number of morpholine rings is 1. The van der Waals surface area contributed by atoms with Gasteiger partial charge in [-0.1, -0.05) is 18.2 Å². The molecule has 0 spiro atoms. The van der Waals surface area contributed by atoms with E-state index in [-0.39, 0.29) is 0 Å². The van der Waals surface area contributed by atoms with Gasteiger partial charge >= 0.3 is 0 Å². The first-order chi connectivity index (χ1) is 17.7. The highest BCUT2D eigenvalue weighted by molar-refractivity contribution is 5.72. The van der Waals surface area contributed by atoms with Gasteiger partial charge in [0, 0.05) is 37.2 Å². The smallest absolute Gasteiger partial charge is 0.162 e. The van der Waals surface area contributed by atoms with E-state index in [1.807, 2.05) is 42.1 Å². The molecule has 3 aromatic heterocycles. The van der Waals surface area contributed by atoms with Crippen LogP contribution in [-0.2, 0) is 24.5 Å². The maximum Gasteiger partial charge on any atom is 0.162 e. The summed E-state index contributed by atoms with van der Waals surface area (Å²) in [6, 6.07) is 14.6. The first kappa shape index (κ1) is 22.4. The molecule has 1 aromatic carbocycles. The summed E-state index contributed by atoms with van der Waals surface area (Å²) in [5.41, 5.74) is 5.05. The van der Waals surface area contributed by atoms with E-state index < -0.39 is 0 Å². The molecule has 10 heteroatoms. The second kappa shape index (κ2) is 9.92. The lowest BCUT2D eigenvalue weighted by atomic mass is 10.2. The third kappa shape index (κ3) is 4.86. The van der Waals surface area contributed by atoms with E-state index in [0.717, 1.165) is 73.1 Å². The van der Waals surface area contributed by atoms with Crippen LogP contribution in [0.1, 0.15) is 22.9 Å². The van der Waals surface area contributed by atoms with Crippen molar-refractivity contribution < 1.29 is 4.74 Å². The van der Waals surface area contributed by atoms with Crippen LogP contribution in [0, 0.1) is 6.92 Å². The van der Waals surface area contributed by atoms with Gasteiger partial charge in [0.1, 0.15) is 24.5 Å². The van der Waals surface area contributed by atoms with E-state index in [1.165, 1.54) is 5.56 Å². The number of aryl methyl sites for hydroxylation is 1. The number of aromatic amines is 1. The zero-order valence-corrected chi connectivity index (χ0v) is 20.3. The molecule has 10 nitrogen and oxygen atoms in total. The summed E-state index contributed by atoms with van der Waals surface area (Å²) in [4.78, 5) is 22.0. The number of anilines is 2. The van der Waals surface area contributed by atoms with Crippen molar-refractivity contribution in [2.45, 2.75) is 26.7 Å². The van der Waals surface area contributed by atoms with E-state index in [1.54, 1.807) is 6.33 Å². The molecule has 0 atom stereocenters. The molecule has 2 aliphatic heterocycles. The van der Waals surface area contributed by atoms with Crippen molar-refractivity contribution in [1.82, 2.24) is 34.6 Å². The number of imidazole rings is 1. The Balaban J connectivity index is 1.22. The van der Waals surface area contributed by atoms with E-state index in [4.69, 9.17) is 14.7 Å². The first-order valence-electron chi connectivity index (χ1n) is 12.2. The fourth-order valence-electron chi connectivity index (χ4n) is 4.54. The SMILES string of the molecule is Cc1cccc(-c2[nH]c(CNc3cccc(CN4CCOCC4)c3)nc2N2C=Cc3ncnn3C2)n1. The third-order valence-electron chi connectivity index (χ3n) is 6.38. The number of hydrogen-bond acceptors (Lipinski definition) is 8. The lowest BCUT2D eigenvalue weighted by Crippen LogP contribution is -2.35. The molecule has 0 aliphatic carbocycles. The van der Waals surface area contributed by atoms with Crippen molar-refractivity contribution in [3.63, 3.8) is 0 Å². The number of nitrogens with zero attached hydrogens (tertiary/aromatic N) is 7. The van der Waals surface area contributed by atoms with Crippen molar-refractivity contribution >= 4 is 17.6 Å². The molecular weight excluding hydrogens is 454 g/mol. The van der Waals surface area contributed by atoms with Crippen LogP contribution in [0.3, 0.4) is 0 Å². The third-order valence-corrected chi connectivity index (χ3v) is 6.38. The number of fused-ring (bicyclic) bond motifs is 1. The van der Waals surface area contributed by atoms with Gasteiger partial charge in [-0.2, -0.15) is 5.10 Å². The van der Waals surface area contributed by atoms with Crippen LogP contribution in [0.2, 0.25) is 0 Å². The Bertz CT molecular complexity index is 1370. The Morgan fingerprint density at radius 2 is 1.97 bits per heavy atom. The number of benzene rings is 1. The minimum absolute atomic E-state index is 0.534. The van der Waals surface area contributed by atoms with Gasteiger partial charge in [-0.05, 0) is 42.8 Å². The van der Waals surface area contributed by atoms with Gasteiger partial charge in [0.15, 0.2) is 11.6 Å². The van der Waals surface area contributed by atoms with E-state index in [9.17, 15) is 0 Å². The molecule has 4 aromatic rings. The monoisotopic (exact) mass is 483 g/mol. The topological polar surface area (TPSA) is 100 Å². The van der Waals surface area contributed by atoms with Gasteiger partial charge in [0.05, 0.1) is 25.5 Å². The van der Waals surface area contributed by atoms with Crippen molar-refractivity contribution in [2.24, 2.45) is 0 Å². The number of H-pyrrole nitrogens is 1. The highest BCUT2D eigenvalue weighted by Crippen LogP contribution is 2.30. The molecule has 6 rings (SSSR count). The number of aromatic nitrogens is 6. The summed E-state index contributed by atoms with van der Waals surface area (Å²) in [6.07, 6.45) is 5.50. The summed E-state index contributed by atoms with van der Waals surface area (Å²) in [5.74, 6) is 2.47. The zero-order valence-electron chi connectivity index (χ0n) is 20.3. The van der Waals surface area contributed by atoms with Crippen LogP contribution in [0.4, 0.5) is 11.5 Å². The normalized spacial score (nSPS) is 15.8. The zero-order chi connectivity index (χ0) is 24.3. The fourth-order valence-corrected chi connectivity index (χ4v) is 4.54. The van der Waals surface area contributed by atoms with Crippen LogP contribution < -0.4 is 10.2 Å². The second-order valence-corrected chi connectivity index (χ2v) is 9.03. The molecule has 36 heavy (non-hydrogen) atoms. The first-order valence-corrected chi connectivity index (χ1v) is 12.2. The molecule has 0 bridgehead atoms. The molecule has 1 fully saturated rings. The average molecular weight is 484 g/mol. The maximum absolute atomic E-state index is 5.47. The maximum atomic E-state index is 5.47. The molecule has 0 unspecified atom stereocenters. The predicted molar refractivity (Wildman–Crippen MR) is 138 cm³/mol. The van der Waals surface area contributed by atoms with Crippen molar-refractivity contribution in [2.75, 3.05) is 36.5 Å². The van der Waals surface area contributed by atoms with Crippen molar-refractivity contribution in [1.29, 1.82) is 0 Å². The van der Waals surface area contributed by atoms with E-state index in [2.05, 4.69) is 54.4 Å². The number of pyridine rings is 1. The van der Waals surface area contributed by atoms with Crippen molar-refractivity contribution in [3.05, 3.63) is 77.9 Å². The van der Waals surface area contributed by atoms with Crippen LogP contribution in [-0.4, -0.2) is 60.9 Å². The molecular formula is C26H29N9O. The molecule has 1 saturated heterocycles. The quantitative estimate of drug-likeness (QED) is 0.413. The molecule has 0 radical (unpaired) electrons. The molecule has 5 heterocycles. The fraction of sp³-hybridized carbons (Fsp3) is 0.308. The summed E-state index contributed by atoms with van der Waals surface area (Å²) in [6.45, 7) is 7.58. The summed E-state index contributed by atoms with van der Waals surface area (Å²) < 4.78 is 7.32.